The molecular formula is C13H27N. The Kier molecular flexibility index (Phi) is 7.87. The Balaban J connectivity index is 3.53. The molecule has 0 rings (SSSR count). The van der Waals surface area contributed by atoms with Gasteiger partial charge in [-0.25, -0.2) is 0 Å². The molecule has 0 aromatic rings. The van der Waals surface area contributed by atoms with E-state index in [2.05, 4.69) is 39.6 Å². The van der Waals surface area contributed by atoms with Gasteiger partial charge in [0.1, 0.15) is 0 Å². The van der Waals surface area contributed by atoms with Gasteiger partial charge in [-0.15, -0.1) is 6.58 Å². The summed E-state index contributed by atoms with van der Waals surface area (Å²) in [5.41, 5.74) is 0. The summed E-state index contributed by atoms with van der Waals surface area (Å²) in [6.45, 7) is 14.0. The lowest BCUT2D eigenvalue weighted by Crippen LogP contribution is -2.30. The zero-order valence-corrected chi connectivity index (χ0v) is 10.3. The summed E-state index contributed by atoms with van der Waals surface area (Å²) in [5.74, 6) is 1.60. The molecular weight excluding hydrogens is 170 g/mol. The van der Waals surface area contributed by atoms with Gasteiger partial charge in [-0.3, -0.25) is 0 Å². The summed E-state index contributed by atoms with van der Waals surface area (Å²) in [6.07, 6.45) is 5.79. The van der Waals surface area contributed by atoms with Crippen molar-refractivity contribution in [1.82, 2.24) is 5.32 Å². The van der Waals surface area contributed by atoms with Crippen LogP contribution in [-0.2, 0) is 0 Å². The van der Waals surface area contributed by atoms with E-state index in [0.717, 1.165) is 24.8 Å². The van der Waals surface area contributed by atoms with Gasteiger partial charge in [0, 0.05) is 6.04 Å². The molecule has 0 fully saturated rings. The topological polar surface area (TPSA) is 12.0 Å². The minimum Gasteiger partial charge on any atom is -0.314 e. The lowest BCUT2D eigenvalue weighted by atomic mass is 9.91. The third kappa shape index (κ3) is 7.14. The standard InChI is InChI=1S/C13H27N/c1-6-7-8-9-12(4)13(5)10-14-11(2)3/h6,11-14H,1,7-10H2,2-5H3. The van der Waals surface area contributed by atoms with E-state index in [1.165, 1.54) is 12.8 Å². The molecule has 0 spiro atoms. The summed E-state index contributed by atoms with van der Waals surface area (Å²) in [5, 5.41) is 3.50. The SMILES string of the molecule is C=CCCCC(C)C(C)CNC(C)C. The van der Waals surface area contributed by atoms with E-state index in [9.17, 15) is 0 Å². The third-order valence-electron chi connectivity index (χ3n) is 2.89. The van der Waals surface area contributed by atoms with Gasteiger partial charge in [0.05, 0.1) is 0 Å². The first-order valence-corrected chi connectivity index (χ1v) is 5.92. The second-order valence-corrected chi connectivity index (χ2v) is 4.74. The second-order valence-electron chi connectivity index (χ2n) is 4.74. The molecule has 1 N–H and O–H groups in total. The molecule has 1 heteroatoms. The maximum absolute atomic E-state index is 3.75. The Morgan fingerprint density at radius 1 is 1.14 bits per heavy atom. The Bertz CT molecular complexity index is 140. The number of hydrogen-bond donors (Lipinski definition) is 1. The fourth-order valence-electron chi connectivity index (χ4n) is 1.49. The summed E-state index contributed by atoms with van der Waals surface area (Å²) in [6, 6.07) is 0.609. The predicted octanol–water partition coefficient (Wildman–Crippen LogP) is 3.61. The van der Waals surface area contributed by atoms with Gasteiger partial charge in [-0.2, -0.15) is 0 Å². The van der Waals surface area contributed by atoms with Crippen molar-refractivity contribution < 1.29 is 0 Å². The molecule has 2 atom stereocenters. The van der Waals surface area contributed by atoms with Crippen LogP contribution in [0.1, 0.15) is 47.0 Å². The lowest BCUT2D eigenvalue weighted by Gasteiger charge is -2.21. The van der Waals surface area contributed by atoms with Crippen molar-refractivity contribution in [1.29, 1.82) is 0 Å². The molecule has 0 aromatic carbocycles. The van der Waals surface area contributed by atoms with Crippen molar-refractivity contribution in [2.45, 2.75) is 53.0 Å². The van der Waals surface area contributed by atoms with Gasteiger partial charge in [-0.1, -0.05) is 40.2 Å². The average molecular weight is 197 g/mol. The highest BCUT2D eigenvalue weighted by Crippen LogP contribution is 2.17. The largest absolute Gasteiger partial charge is 0.314 e. The number of nitrogens with one attached hydrogen (secondary N) is 1. The van der Waals surface area contributed by atoms with E-state index in [-0.39, 0.29) is 0 Å². The molecule has 0 amide bonds. The molecule has 14 heavy (non-hydrogen) atoms. The maximum Gasteiger partial charge on any atom is 0.00104 e. The molecule has 84 valence electrons. The molecule has 2 unspecified atom stereocenters. The highest BCUT2D eigenvalue weighted by molar-refractivity contribution is 4.70. The van der Waals surface area contributed by atoms with Crippen LogP contribution >= 0.6 is 0 Å². The smallest absolute Gasteiger partial charge is 0.00104 e. The molecule has 0 aliphatic rings. The third-order valence-corrected chi connectivity index (χ3v) is 2.89. The molecule has 0 bridgehead atoms. The molecule has 1 nitrogen and oxygen atoms in total. The van der Waals surface area contributed by atoms with Gasteiger partial charge in [0.15, 0.2) is 0 Å². The maximum atomic E-state index is 3.75. The quantitative estimate of drug-likeness (QED) is 0.463. The van der Waals surface area contributed by atoms with E-state index in [4.69, 9.17) is 0 Å². The zero-order chi connectivity index (χ0) is 11.0. The van der Waals surface area contributed by atoms with Crippen LogP contribution in [0, 0.1) is 11.8 Å². The van der Waals surface area contributed by atoms with Crippen LogP contribution in [0.2, 0.25) is 0 Å². The van der Waals surface area contributed by atoms with E-state index < -0.39 is 0 Å². The van der Waals surface area contributed by atoms with Crippen molar-refractivity contribution in [3.05, 3.63) is 12.7 Å². The van der Waals surface area contributed by atoms with E-state index in [0.29, 0.717) is 6.04 Å². The summed E-state index contributed by atoms with van der Waals surface area (Å²) < 4.78 is 0. The summed E-state index contributed by atoms with van der Waals surface area (Å²) >= 11 is 0. The molecule has 0 aromatic heterocycles. The van der Waals surface area contributed by atoms with Gasteiger partial charge in [0.25, 0.3) is 0 Å². The fourth-order valence-corrected chi connectivity index (χ4v) is 1.49. The van der Waals surface area contributed by atoms with Crippen molar-refractivity contribution >= 4 is 0 Å². The first-order valence-electron chi connectivity index (χ1n) is 5.92. The lowest BCUT2D eigenvalue weighted by molar-refractivity contribution is 0.333. The predicted molar refractivity (Wildman–Crippen MR) is 65.5 cm³/mol. The van der Waals surface area contributed by atoms with E-state index >= 15 is 0 Å². The van der Waals surface area contributed by atoms with E-state index in [1.807, 2.05) is 6.08 Å². The van der Waals surface area contributed by atoms with Crippen LogP contribution in [0.25, 0.3) is 0 Å². The van der Waals surface area contributed by atoms with Crippen LogP contribution in [0.3, 0.4) is 0 Å². The van der Waals surface area contributed by atoms with Crippen molar-refractivity contribution in [3.8, 4) is 0 Å². The molecule has 0 aliphatic carbocycles. The Labute approximate surface area is 90.0 Å². The summed E-state index contributed by atoms with van der Waals surface area (Å²) in [4.78, 5) is 0. The number of hydrogen-bond acceptors (Lipinski definition) is 1. The Morgan fingerprint density at radius 3 is 2.29 bits per heavy atom. The molecule has 0 saturated carbocycles. The summed E-state index contributed by atoms with van der Waals surface area (Å²) in [7, 11) is 0. The first kappa shape index (κ1) is 13.7. The van der Waals surface area contributed by atoms with Crippen LogP contribution in [0.4, 0.5) is 0 Å². The Morgan fingerprint density at radius 2 is 1.79 bits per heavy atom. The minimum atomic E-state index is 0.609. The van der Waals surface area contributed by atoms with Gasteiger partial charge in [-0.05, 0) is 31.2 Å². The molecule has 0 heterocycles. The normalized spacial score (nSPS) is 15.5. The van der Waals surface area contributed by atoms with Crippen LogP contribution in [-0.4, -0.2) is 12.6 Å². The Hall–Kier alpha value is -0.300. The minimum absolute atomic E-state index is 0.609. The average Bonchev–Trinajstić information content (AvgIpc) is 2.14. The molecule has 0 saturated heterocycles. The van der Waals surface area contributed by atoms with Crippen LogP contribution < -0.4 is 5.32 Å². The number of allylic oxidation sites excluding steroid dienone is 1. The van der Waals surface area contributed by atoms with E-state index in [1.54, 1.807) is 0 Å². The van der Waals surface area contributed by atoms with Gasteiger partial charge >= 0.3 is 0 Å². The zero-order valence-electron chi connectivity index (χ0n) is 10.3. The fraction of sp³-hybridized carbons (Fsp3) is 0.846. The second kappa shape index (κ2) is 8.05. The number of rotatable bonds is 8. The monoisotopic (exact) mass is 197 g/mol. The van der Waals surface area contributed by atoms with Gasteiger partial charge in [0.2, 0.25) is 0 Å². The van der Waals surface area contributed by atoms with Crippen molar-refractivity contribution in [2.75, 3.05) is 6.54 Å². The van der Waals surface area contributed by atoms with Crippen molar-refractivity contribution in [2.24, 2.45) is 11.8 Å². The molecule has 0 aliphatic heterocycles. The van der Waals surface area contributed by atoms with Crippen LogP contribution in [0.15, 0.2) is 12.7 Å². The van der Waals surface area contributed by atoms with Crippen molar-refractivity contribution in [3.63, 3.8) is 0 Å². The molecule has 0 radical (unpaired) electrons. The highest BCUT2D eigenvalue weighted by atomic mass is 14.9. The first-order chi connectivity index (χ1) is 6.57. The highest BCUT2D eigenvalue weighted by Gasteiger charge is 2.11. The van der Waals surface area contributed by atoms with Gasteiger partial charge < -0.3 is 5.32 Å². The number of unbranched alkanes of at least 4 members (excludes halogenated alkanes) is 1. The van der Waals surface area contributed by atoms with Crippen LogP contribution in [0.5, 0.6) is 0 Å².